The second-order valence-corrected chi connectivity index (χ2v) is 7.67. The molecule has 1 saturated heterocycles. The molecule has 1 N–H and O–H groups in total. The number of methoxy groups -OCH3 is 1. The number of thioether (sulfide) groups is 2. The summed E-state index contributed by atoms with van der Waals surface area (Å²) in [6.45, 7) is 5.89. The van der Waals surface area contributed by atoms with Crippen molar-refractivity contribution in [3.63, 3.8) is 0 Å². The van der Waals surface area contributed by atoms with Crippen LogP contribution in [0.25, 0.3) is 0 Å². The summed E-state index contributed by atoms with van der Waals surface area (Å²) in [5, 5.41) is 4.39. The van der Waals surface area contributed by atoms with Gasteiger partial charge in [0.05, 0.1) is 17.6 Å². The molecule has 1 aromatic heterocycles. The van der Waals surface area contributed by atoms with Crippen molar-refractivity contribution in [3.05, 3.63) is 17.6 Å². The summed E-state index contributed by atoms with van der Waals surface area (Å²) in [5.41, 5.74) is 0.965. The highest BCUT2D eigenvalue weighted by molar-refractivity contribution is 8.06. The van der Waals surface area contributed by atoms with Crippen LogP contribution in [0.3, 0.4) is 0 Å². The molecule has 1 aliphatic heterocycles. The van der Waals surface area contributed by atoms with Crippen LogP contribution in [-0.2, 0) is 11.3 Å². The number of aromatic nitrogens is 2. The maximum Gasteiger partial charge on any atom is 0.145 e. The maximum atomic E-state index is 5.25. The number of hydrogen-bond donors (Lipinski definition) is 1. The Hall–Kier alpha value is -0.460. The molecule has 1 aromatic rings. The minimum atomic E-state index is 0.396. The summed E-state index contributed by atoms with van der Waals surface area (Å²) in [6.07, 6.45) is 2.25. The first-order valence-corrected chi connectivity index (χ1v) is 9.72. The zero-order valence-electron chi connectivity index (χ0n) is 13.1. The molecule has 1 fully saturated rings. The first-order chi connectivity index (χ1) is 10.3. The highest BCUT2D eigenvalue weighted by atomic mass is 32.2. The Labute approximate surface area is 136 Å². The monoisotopic (exact) mass is 327 g/mol. The highest BCUT2D eigenvalue weighted by Gasteiger charge is 2.29. The second-order valence-electron chi connectivity index (χ2n) is 5.07. The van der Waals surface area contributed by atoms with E-state index in [9.17, 15) is 0 Å². The van der Waals surface area contributed by atoms with Crippen LogP contribution in [0.2, 0.25) is 0 Å². The van der Waals surface area contributed by atoms with E-state index in [0.29, 0.717) is 17.1 Å². The van der Waals surface area contributed by atoms with Crippen LogP contribution >= 0.6 is 23.5 Å². The third kappa shape index (κ3) is 4.76. The normalized spacial score (nSPS) is 22.2. The molecule has 2 unspecified atom stereocenters. The zero-order chi connectivity index (χ0) is 15.1. The molecule has 2 atom stereocenters. The summed E-state index contributed by atoms with van der Waals surface area (Å²) < 4.78 is 5.25. The molecule has 0 saturated carbocycles. The number of nitrogens with one attached hydrogen (secondary N) is 1. The second kappa shape index (κ2) is 8.86. The van der Waals surface area contributed by atoms with Crippen molar-refractivity contribution in [3.8, 4) is 0 Å². The molecule has 0 bridgehead atoms. The minimum absolute atomic E-state index is 0.396. The zero-order valence-corrected chi connectivity index (χ0v) is 14.7. The van der Waals surface area contributed by atoms with Crippen molar-refractivity contribution in [1.82, 2.24) is 9.97 Å². The van der Waals surface area contributed by atoms with Crippen molar-refractivity contribution >= 4 is 29.3 Å². The molecule has 4 nitrogen and oxygen atoms in total. The third-order valence-electron chi connectivity index (χ3n) is 3.35. The molecule has 6 heteroatoms. The topological polar surface area (TPSA) is 47.0 Å². The lowest BCUT2D eigenvalue weighted by molar-refractivity contribution is 0.181. The van der Waals surface area contributed by atoms with E-state index in [2.05, 4.69) is 30.9 Å². The summed E-state index contributed by atoms with van der Waals surface area (Å²) in [7, 11) is 1.71. The Morgan fingerprint density at radius 3 is 2.81 bits per heavy atom. The Balaban J connectivity index is 2.24. The van der Waals surface area contributed by atoms with Crippen molar-refractivity contribution in [2.45, 2.75) is 43.8 Å². The van der Waals surface area contributed by atoms with Gasteiger partial charge in [0.1, 0.15) is 11.6 Å². The van der Waals surface area contributed by atoms with Gasteiger partial charge in [-0.2, -0.15) is 11.8 Å². The van der Waals surface area contributed by atoms with Gasteiger partial charge in [0, 0.05) is 36.5 Å². The lowest BCUT2D eigenvalue weighted by atomic mass is 10.2. The van der Waals surface area contributed by atoms with Crippen molar-refractivity contribution in [2.24, 2.45) is 0 Å². The molecular weight excluding hydrogens is 302 g/mol. The van der Waals surface area contributed by atoms with E-state index in [0.717, 1.165) is 36.7 Å². The first-order valence-electron chi connectivity index (χ1n) is 7.62. The fourth-order valence-corrected chi connectivity index (χ4v) is 5.34. The van der Waals surface area contributed by atoms with Gasteiger partial charge in [-0.05, 0) is 12.8 Å². The summed E-state index contributed by atoms with van der Waals surface area (Å²) in [6, 6.07) is 2.00. The summed E-state index contributed by atoms with van der Waals surface area (Å²) >= 11 is 4.05. The van der Waals surface area contributed by atoms with Gasteiger partial charge < -0.3 is 10.1 Å². The van der Waals surface area contributed by atoms with Crippen LogP contribution in [0.4, 0.5) is 5.82 Å². The Morgan fingerprint density at radius 1 is 1.29 bits per heavy atom. The smallest absolute Gasteiger partial charge is 0.145 e. The predicted octanol–water partition coefficient (Wildman–Crippen LogP) is 3.74. The van der Waals surface area contributed by atoms with Gasteiger partial charge in [-0.3, -0.25) is 0 Å². The minimum Gasteiger partial charge on any atom is -0.378 e. The fourth-order valence-electron chi connectivity index (χ4n) is 2.35. The first kappa shape index (κ1) is 16.9. The van der Waals surface area contributed by atoms with E-state index < -0.39 is 0 Å². The van der Waals surface area contributed by atoms with Gasteiger partial charge in [0.15, 0.2) is 0 Å². The van der Waals surface area contributed by atoms with Crippen LogP contribution in [0.15, 0.2) is 6.07 Å². The van der Waals surface area contributed by atoms with Gasteiger partial charge in [0.25, 0.3) is 0 Å². The molecule has 2 rings (SSSR count). The van der Waals surface area contributed by atoms with Gasteiger partial charge >= 0.3 is 0 Å². The van der Waals surface area contributed by atoms with E-state index in [4.69, 9.17) is 14.7 Å². The predicted molar refractivity (Wildman–Crippen MR) is 93.3 cm³/mol. The van der Waals surface area contributed by atoms with Crippen LogP contribution in [0.1, 0.15) is 43.5 Å². The molecule has 21 heavy (non-hydrogen) atoms. The van der Waals surface area contributed by atoms with E-state index in [-0.39, 0.29) is 0 Å². The van der Waals surface area contributed by atoms with E-state index >= 15 is 0 Å². The van der Waals surface area contributed by atoms with Crippen molar-refractivity contribution in [1.29, 1.82) is 0 Å². The van der Waals surface area contributed by atoms with Crippen LogP contribution in [0.5, 0.6) is 0 Å². The van der Waals surface area contributed by atoms with E-state index in [1.807, 2.05) is 17.8 Å². The number of hydrogen-bond acceptors (Lipinski definition) is 6. The largest absolute Gasteiger partial charge is 0.378 e. The van der Waals surface area contributed by atoms with Gasteiger partial charge in [-0.15, -0.1) is 11.8 Å². The molecule has 118 valence electrons. The Bertz CT molecular complexity index is 445. The van der Waals surface area contributed by atoms with Gasteiger partial charge in [-0.1, -0.05) is 13.8 Å². The molecule has 0 spiro atoms. The molecule has 1 aliphatic rings. The molecular formula is C15H25N3OS2. The quantitative estimate of drug-likeness (QED) is 0.823. The Kier molecular flexibility index (Phi) is 7.13. The SMILES string of the molecule is CCCNc1cc(COC)nc(C2SCCSC2CC)n1. The number of anilines is 1. The summed E-state index contributed by atoms with van der Waals surface area (Å²) in [5.74, 6) is 4.31. The van der Waals surface area contributed by atoms with Gasteiger partial charge in [0.2, 0.25) is 0 Å². The third-order valence-corrected chi connectivity index (χ3v) is 6.59. The van der Waals surface area contributed by atoms with Crippen LogP contribution in [-0.4, -0.2) is 40.4 Å². The van der Waals surface area contributed by atoms with Gasteiger partial charge in [-0.25, -0.2) is 9.97 Å². The lowest BCUT2D eigenvalue weighted by Gasteiger charge is -2.29. The molecule has 0 radical (unpaired) electrons. The number of rotatable bonds is 7. The van der Waals surface area contributed by atoms with E-state index in [1.165, 1.54) is 11.5 Å². The van der Waals surface area contributed by atoms with Crippen LogP contribution in [0, 0.1) is 0 Å². The Morgan fingerprint density at radius 2 is 2.10 bits per heavy atom. The number of ether oxygens (including phenoxy) is 1. The van der Waals surface area contributed by atoms with Crippen molar-refractivity contribution in [2.75, 3.05) is 30.5 Å². The average molecular weight is 328 g/mol. The standard InChI is InChI=1S/C15H25N3OS2/c1-4-6-16-13-9-11(10-19-3)17-15(18-13)14-12(5-2)20-7-8-21-14/h9,12,14H,4-8,10H2,1-3H3,(H,16,17,18). The number of nitrogens with zero attached hydrogens (tertiary/aromatic N) is 2. The molecule has 0 amide bonds. The van der Waals surface area contributed by atoms with E-state index in [1.54, 1.807) is 7.11 Å². The maximum absolute atomic E-state index is 5.25. The fraction of sp³-hybridized carbons (Fsp3) is 0.733. The van der Waals surface area contributed by atoms with Crippen LogP contribution < -0.4 is 5.32 Å². The summed E-state index contributed by atoms with van der Waals surface area (Å²) in [4.78, 5) is 9.51. The average Bonchev–Trinajstić information content (AvgIpc) is 2.53. The molecule has 0 aromatic carbocycles. The lowest BCUT2D eigenvalue weighted by Crippen LogP contribution is -2.21. The highest BCUT2D eigenvalue weighted by Crippen LogP contribution is 2.43. The molecule has 2 heterocycles. The van der Waals surface area contributed by atoms with Crippen molar-refractivity contribution < 1.29 is 4.74 Å². The molecule has 0 aliphatic carbocycles.